The molecule has 2 aromatic heterocycles. The predicted octanol–water partition coefficient (Wildman–Crippen LogP) is 6.50. The number of aromatic nitrogens is 2. The van der Waals surface area contributed by atoms with Gasteiger partial charge in [0.05, 0.1) is 32.2 Å². The zero-order chi connectivity index (χ0) is 69.8. The van der Waals surface area contributed by atoms with Gasteiger partial charge in [-0.15, -0.1) is 0 Å². The summed E-state index contributed by atoms with van der Waals surface area (Å²) in [5, 5.41) is 4.69. The highest BCUT2D eigenvalue weighted by atomic mass is 32.2. The molecule has 6 aliphatic heterocycles. The SMILES string of the molecule is C.CN1C(N)=N[C@@]2(c3cc(CC(=O)c4ccc(F)cn4)ccc3F)CCOC2S1(=O)=O.CN1C(NC(=O)OC(C)(C)C)=N[C@@]2(c3cc(CC(=O)c4ccc(F)cn4)ccc3F)CCOC2S1(=O)=O.CN1C(NC(=O)OC(C)(C)C)=N[C@@]2(c3cc(N)ccc3F)CCOC2S1(=O)=O.N. The summed E-state index contributed by atoms with van der Waals surface area (Å²) >= 11 is 0. The number of nitrogen functional groups attached to an aromatic ring is 1. The first kappa shape index (κ1) is 75.6. The molecule has 0 bridgehead atoms. The average Bonchev–Trinajstić information content (AvgIpc) is 1.68. The van der Waals surface area contributed by atoms with Crippen molar-refractivity contribution in [3.63, 3.8) is 0 Å². The lowest BCUT2D eigenvalue weighted by atomic mass is 9.87. The number of fused-ring (bicyclic) bond motifs is 3. The van der Waals surface area contributed by atoms with Gasteiger partial charge in [0, 0.05) is 75.6 Å². The standard InChI is InChI=1S/C24H26F2N4O6S.C19H18F2N4O4S.C17H23FN4O5S.CH4.H3N/c1-23(2,3)36-22(32)28-21-29-24(9-10-35-20(24)37(33,34)30(21)4)16-11-14(5-7-17(16)26)12-19(31)18-8-6-15(25)13-27-18;1-25-18(22)24-19(6-7-29-17(19)30(25,27)28)13-8-11(2-4-14(13)21)9-16(26)15-5-3-12(20)10-23-15;1-16(2,3)27-15(23)20-14-21-17(11-9-10(19)5-6-12(11)18)7-8-26-13(17)28(24,25)22(14)4;;/h5-8,11,13,20H,9-10,12H2,1-4H3,(H,28,29,32);2-5,8,10,17H,6-7,9H2,1H3,(H2,22,24);5-6,9,13H,7-8,19H2,1-4H3,(H,20,21,23);1H4;1H3/t20?,24-;17?,19-;13?,17-;;/m111../s1. The van der Waals surface area contributed by atoms with E-state index in [1.54, 1.807) is 41.5 Å². The van der Waals surface area contributed by atoms with E-state index in [9.17, 15) is 62.0 Å². The quantitative estimate of drug-likeness (QED) is 0.0597. The monoisotopic (exact) mass is 1420 g/mol. The Bertz CT molecular complexity index is 4340. The molecule has 0 spiro atoms. The number of ketones is 2. The van der Waals surface area contributed by atoms with Crippen molar-refractivity contribution in [3.8, 4) is 0 Å². The normalized spacial score (nSPS) is 24.0. The minimum Gasteiger partial charge on any atom is -0.444 e. The number of rotatable bonds is 9. The fourth-order valence-electron chi connectivity index (χ4n) is 11.2. The highest BCUT2D eigenvalue weighted by molar-refractivity contribution is 7.90. The number of guanidine groups is 3. The molecule has 11 rings (SSSR count). The Kier molecular flexibility index (Phi) is 21.8. The molecule has 97 heavy (non-hydrogen) atoms. The number of Topliss-reactive ketones (excluding diaryl/α,β-unsaturated/α-hetero) is 2. The zero-order valence-electron chi connectivity index (χ0n) is 53.2. The molecule has 3 aromatic carbocycles. The minimum atomic E-state index is -4.25. The van der Waals surface area contributed by atoms with Gasteiger partial charge in [-0.2, -0.15) is 0 Å². The van der Waals surface area contributed by atoms with E-state index in [0.717, 1.165) is 55.6 Å². The van der Waals surface area contributed by atoms with Gasteiger partial charge in [-0.1, -0.05) is 19.6 Å². The summed E-state index contributed by atoms with van der Waals surface area (Å²) in [7, 11) is -8.71. The maximum Gasteiger partial charge on any atom is 0.414 e. The number of nitrogens with two attached hydrogens (primary N) is 2. The molecule has 6 atom stereocenters. The Morgan fingerprint density at radius 2 is 0.876 bits per heavy atom. The van der Waals surface area contributed by atoms with Crippen LogP contribution in [0, 0.1) is 29.1 Å². The summed E-state index contributed by atoms with van der Waals surface area (Å²) in [5.41, 5.74) is 1.67. The van der Waals surface area contributed by atoms with Crippen LogP contribution >= 0.6 is 0 Å². The number of anilines is 1. The van der Waals surface area contributed by atoms with Gasteiger partial charge in [0.15, 0.2) is 11.6 Å². The number of carbonyl (C=O) groups is 4. The number of alkyl carbamates (subject to hydrolysis) is 2. The number of nitrogens with one attached hydrogen (secondary N) is 2. The molecule has 0 saturated carbocycles. The number of amides is 2. The first-order valence-electron chi connectivity index (χ1n) is 29.0. The van der Waals surface area contributed by atoms with Crippen LogP contribution in [0.3, 0.4) is 0 Å². The maximum absolute atomic E-state index is 15.3. The lowest BCUT2D eigenvalue weighted by molar-refractivity contribution is 0.0545. The van der Waals surface area contributed by atoms with E-state index in [2.05, 4.69) is 35.6 Å². The van der Waals surface area contributed by atoms with Crippen molar-refractivity contribution in [3.05, 3.63) is 160 Å². The third kappa shape index (κ3) is 15.2. The van der Waals surface area contributed by atoms with Crippen LogP contribution in [0.2, 0.25) is 0 Å². The van der Waals surface area contributed by atoms with E-state index in [4.69, 9.17) is 35.2 Å². The fourth-order valence-corrected chi connectivity index (χ4v) is 16.1. The van der Waals surface area contributed by atoms with Crippen molar-refractivity contribution in [1.82, 2.24) is 39.7 Å². The van der Waals surface area contributed by atoms with E-state index in [1.807, 2.05) is 0 Å². The predicted molar refractivity (Wildman–Crippen MR) is 343 cm³/mol. The van der Waals surface area contributed by atoms with Crippen LogP contribution in [-0.4, -0.2) is 158 Å². The number of sulfonamides is 3. The van der Waals surface area contributed by atoms with Gasteiger partial charge in [0.1, 0.15) is 68.3 Å². The topological polar surface area (TPSA) is 401 Å². The molecule has 526 valence electrons. The minimum absolute atomic E-state index is 0. The molecule has 3 saturated heterocycles. The van der Waals surface area contributed by atoms with Crippen LogP contribution in [0.5, 0.6) is 0 Å². The van der Waals surface area contributed by atoms with Gasteiger partial charge < -0.3 is 41.3 Å². The molecule has 6 aliphatic rings. The Hall–Kier alpha value is -8.81. The van der Waals surface area contributed by atoms with Gasteiger partial charge in [-0.3, -0.25) is 30.2 Å². The molecule has 3 fully saturated rings. The zero-order valence-corrected chi connectivity index (χ0v) is 55.7. The number of aliphatic imine (C=N–C) groups is 3. The van der Waals surface area contributed by atoms with Crippen molar-refractivity contribution in [2.75, 3.05) is 46.7 Å². The number of nitrogens with zero attached hydrogens (tertiary/aromatic N) is 8. The Labute approximate surface area is 556 Å². The maximum atomic E-state index is 15.3. The molecular weight excluding hydrogens is 1350 g/mol. The second kappa shape index (κ2) is 28.0. The summed E-state index contributed by atoms with van der Waals surface area (Å²) in [6.07, 6.45) is -0.0981. The summed E-state index contributed by atoms with van der Waals surface area (Å²) in [5.74, 6) is -5.01. The van der Waals surface area contributed by atoms with Crippen LogP contribution in [0.1, 0.15) is 117 Å². The second-order valence-electron chi connectivity index (χ2n) is 24.6. The molecule has 0 aliphatic carbocycles. The molecule has 5 aromatic rings. The summed E-state index contributed by atoms with van der Waals surface area (Å²) in [4.78, 5) is 70.5. The van der Waals surface area contributed by atoms with Gasteiger partial charge >= 0.3 is 12.2 Å². The van der Waals surface area contributed by atoms with Crippen LogP contribution in [0.4, 0.5) is 37.2 Å². The third-order valence-electron chi connectivity index (χ3n) is 15.7. The Morgan fingerprint density at radius 3 is 1.23 bits per heavy atom. The van der Waals surface area contributed by atoms with E-state index in [0.29, 0.717) is 11.1 Å². The third-order valence-corrected chi connectivity index (χ3v) is 21.7. The smallest absolute Gasteiger partial charge is 0.414 e. The van der Waals surface area contributed by atoms with Crippen LogP contribution in [0.25, 0.3) is 0 Å². The molecule has 8 heterocycles. The molecule has 36 heteroatoms. The molecule has 9 N–H and O–H groups in total. The summed E-state index contributed by atoms with van der Waals surface area (Å²) in [6, 6.07) is 16.4. The molecule has 3 unspecified atom stereocenters. The Morgan fingerprint density at radius 1 is 0.536 bits per heavy atom. The summed E-state index contributed by atoms with van der Waals surface area (Å²) in [6.45, 7) is 9.99. The highest BCUT2D eigenvalue weighted by Crippen LogP contribution is 2.50. The van der Waals surface area contributed by atoms with E-state index < -0.39 is 127 Å². The number of carbonyl (C=O) groups excluding carboxylic acids is 4. The number of halogens is 5. The van der Waals surface area contributed by atoms with E-state index in [-0.39, 0.29) is 117 Å². The molecular formula is C61H74F5N13O15S3. The lowest BCUT2D eigenvalue weighted by Gasteiger charge is -2.39. The first-order valence-corrected chi connectivity index (χ1v) is 33.5. The van der Waals surface area contributed by atoms with Crippen molar-refractivity contribution < 1.29 is 90.1 Å². The van der Waals surface area contributed by atoms with Crippen molar-refractivity contribution in [1.29, 1.82) is 0 Å². The summed E-state index contributed by atoms with van der Waals surface area (Å²) < 4.78 is 178. The van der Waals surface area contributed by atoms with Crippen LogP contribution in [0.15, 0.2) is 106 Å². The fraction of sp³-hybridized carbons (Fsp3) is 0.426. The number of hydrogen-bond acceptors (Lipinski definition) is 23. The second-order valence-corrected chi connectivity index (χ2v) is 30.6. The Balaban J connectivity index is 0.000000205. The van der Waals surface area contributed by atoms with Crippen molar-refractivity contribution >= 4 is 77.4 Å². The molecule has 2 amide bonds. The molecule has 28 nitrogen and oxygen atoms in total. The number of hydrogen-bond donors (Lipinski definition) is 5. The van der Waals surface area contributed by atoms with E-state index >= 15 is 4.39 Å². The van der Waals surface area contributed by atoms with Gasteiger partial charge in [-0.25, -0.2) is 84.7 Å². The van der Waals surface area contributed by atoms with Crippen molar-refractivity contribution in [2.24, 2.45) is 20.7 Å². The van der Waals surface area contributed by atoms with Gasteiger partial charge in [0.2, 0.25) is 34.2 Å². The molecule has 0 radical (unpaired) electrons. The van der Waals surface area contributed by atoms with Crippen LogP contribution in [-0.2, 0) is 83.2 Å². The van der Waals surface area contributed by atoms with Crippen molar-refractivity contribution in [2.45, 2.75) is 125 Å². The van der Waals surface area contributed by atoms with Gasteiger partial charge in [-0.05, 0) is 119 Å². The van der Waals surface area contributed by atoms with Gasteiger partial charge in [0.25, 0.3) is 30.1 Å². The number of pyridine rings is 2. The number of ether oxygens (including phenoxy) is 5. The highest BCUT2D eigenvalue weighted by Gasteiger charge is 2.62. The van der Waals surface area contributed by atoms with E-state index in [1.165, 1.54) is 69.7 Å². The number of benzene rings is 3. The van der Waals surface area contributed by atoms with Crippen LogP contribution < -0.4 is 28.3 Å². The lowest BCUT2D eigenvalue weighted by Crippen LogP contribution is -2.58. The largest absolute Gasteiger partial charge is 0.444 e. The first-order chi connectivity index (χ1) is 44.2. The average molecular weight is 1420 g/mol.